The van der Waals surface area contributed by atoms with Crippen LogP contribution in [0.1, 0.15) is 40.5 Å². The largest absolute Gasteiger partial charge is 0.444 e. The minimum atomic E-state index is -3.17. The van der Waals surface area contributed by atoms with Crippen molar-refractivity contribution >= 4 is 21.8 Å². The van der Waals surface area contributed by atoms with Crippen LogP contribution < -0.4 is 5.32 Å². The van der Waals surface area contributed by atoms with E-state index in [0.29, 0.717) is 13.0 Å². The number of carbonyl (C=O) groups excluding carboxylic acids is 2. The van der Waals surface area contributed by atoms with Gasteiger partial charge in [-0.25, -0.2) is 13.2 Å². The van der Waals surface area contributed by atoms with Gasteiger partial charge in [-0.05, 0) is 40.5 Å². The lowest BCUT2D eigenvalue weighted by Gasteiger charge is -2.28. The summed E-state index contributed by atoms with van der Waals surface area (Å²) in [5.41, 5.74) is -0.621. The zero-order valence-electron chi connectivity index (χ0n) is 13.9. The highest BCUT2D eigenvalue weighted by Crippen LogP contribution is 2.21. The van der Waals surface area contributed by atoms with Crippen LogP contribution in [0.25, 0.3) is 0 Å². The second-order valence-corrected chi connectivity index (χ2v) is 9.02. The summed E-state index contributed by atoms with van der Waals surface area (Å²) >= 11 is 0. The third-order valence-electron chi connectivity index (χ3n) is 3.12. The molecule has 0 aromatic heterocycles. The molecule has 1 rings (SSSR count). The fraction of sp³-hybridized carbons (Fsp3) is 0.857. The Labute approximate surface area is 132 Å². The number of nitrogens with zero attached hydrogens (tertiary/aromatic N) is 1. The van der Waals surface area contributed by atoms with Crippen molar-refractivity contribution in [2.75, 3.05) is 18.6 Å². The average molecular weight is 334 g/mol. The first kappa shape index (κ1) is 18.7. The SMILES string of the molecule is C[C@H](CS(C)(=O)=O)NC(=O)[C@H]1CCCN1C(=O)OC(C)(C)C. The van der Waals surface area contributed by atoms with Gasteiger partial charge < -0.3 is 10.1 Å². The molecule has 0 aliphatic carbocycles. The highest BCUT2D eigenvalue weighted by atomic mass is 32.2. The van der Waals surface area contributed by atoms with E-state index in [1.165, 1.54) is 4.90 Å². The number of ether oxygens (including phenoxy) is 1. The molecule has 0 aromatic rings. The normalized spacial score (nSPS) is 20.6. The van der Waals surface area contributed by atoms with Crippen molar-refractivity contribution in [3.8, 4) is 0 Å². The molecule has 1 saturated heterocycles. The molecule has 7 nitrogen and oxygen atoms in total. The fourth-order valence-electron chi connectivity index (χ4n) is 2.41. The summed E-state index contributed by atoms with van der Waals surface area (Å²) in [5.74, 6) is -0.461. The number of hydrogen-bond acceptors (Lipinski definition) is 5. The minimum absolute atomic E-state index is 0.127. The molecule has 2 atom stereocenters. The lowest BCUT2D eigenvalue weighted by molar-refractivity contribution is -0.125. The highest BCUT2D eigenvalue weighted by Gasteiger charge is 2.37. The third kappa shape index (κ3) is 6.21. The Morgan fingerprint density at radius 3 is 2.45 bits per heavy atom. The van der Waals surface area contributed by atoms with E-state index >= 15 is 0 Å². The smallest absolute Gasteiger partial charge is 0.410 e. The van der Waals surface area contributed by atoms with E-state index in [2.05, 4.69) is 5.32 Å². The Kier molecular flexibility index (Phi) is 5.83. The Morgan fingerprint density at radius 1 is 1.36 bits per heavy atom. The molecule has 8 heteroatoms. The lowest BCUT2D eigenvalue weighted by Crippen LogP contribution is -2.50. The van der Waals surface area contributed by atoms with Crippen LogP contribution in [0.5, 0.6) is 0 Å². The van der Waals surface area contributed by atoms with Crippen molar-refractivity contribution in [3.05, 3.63) is 0 Å². The minimum Gasteiger partial charge on any atom is -0.444 e. The summed E-state index contributed by atoms with van der Waals surface area (Å²) < 4.78 is 27.8. The maximum atomic E-state index is 12.3. The van der Waals surface area contributed by atoms with Crippen molar-refractivity contribution in [2.45, 2.75) is 58.2 Å². The first-order valence-electron chi connectivity index (χ1n) is 7.37. The Balaban J connectivity index is 2.66. The Bertz CT molecular complexity index is 524. The molecule has 22 heavy (non-hydrogen) atoms. The maximum absolute atomic E-state index is 12.3. The van der Waals surface area contributed by atoms with Gasteiger partial charge in [0.15, 0.2) is 0 Å². The fourth-order valence-corrected chi connectivity index (χ4v) is 3.40. The third-order valence-corrected chi connectivity index (χ3v) is 4.23. The quantitative estimate of drug-likeness (QED) is 0.826. The van der Waals surface area contributed by atoms with E-state index in [-0.39, 0.29) is 11.7 Å². The monoisotopic (exact) mass is 334 g/mol. The Hall–Kier alpha value is -1.31. The number of rotatable bonds is 4. The molecular weight excluding hydrogens is 308 g/mol. The number of hydrogen-bond donors (Lipinski definition) is 1. The average Bonchev–Trinajstić information content (AvgIpc) is 2.71. The molecule has 1 heterocycles. The number of likely N-dealkylation sites (tertiary alicyclic amines) is 1. The molecule has 0 bridgehead atoms. The van der Waals surface area contributed by atoms with E-state index in [9.17, 15) is 18.0 Å². The van der Waals surface area contributed by atoms with Crippen molar-refractivity contribution in [1.29, 1.82) is 0 Å². The van der Waals surface area contributed by atoms with E-state index in [4.69, 9.17) is 4.74 Å². The molecule has 0 aromatic carbocycles. The van der Waals surface area contributed by atoms with Gasteiger partial charge in [0.1, 0.15) is 21.5 Å². The van der Waals surface area contributed by atoms with Gasteiger partial charge in [-0.2, -0.15) is 0 Å². The lowest BCUT2D eigenvalue weighted by atomic mass is 10.2. The molecular formula is C14H26N2O5S. The molecule has 0 unspecified atom stereocenters. The van der Waals surface area contributed by atoms with Crippen LogP contribution in [0.3, 0.4) is 0 Å². The summed E-state index contributed by atoms with van der Waals surface area (Å²) in [7, 11) is -3.17. The highest BCUT2D eigenvalue weighted by molar-refractivity contribution is 7.90. The van der Waals surface area contributed by atoms with Gasteiger partial charge in [0.25, 0.3) is 0 Å². The zero-order chi connectivity index (χ0) is 17.1. The van der Waals surface area contributed by atoms with Crippen LogP contribution >= 0.6 is 0 Å². The van der Waals surface area contributed by atoms with E-state index < -0.39 is 33.6 Å². The van der Waals surface area contributed by atoms with Crippen molar-refractivity contribution in [3.63, 3.8) is 0 Å². The first-order chi connectivity index (χ1) is 9.89. The molecule has 1 aliphatic rings. The topological polar surface area (TPSA) is 92.8 Å². The number of amides is 2. The van der Waals surface area contributed by atoms with Crippen LogP contribution in [-0.2, 0) is 19.4 Å². The van der Waals surface area contributed by atoms with Gasteiger partial charge in [-0.3, -0.25) is 9.69 Å². The molecule has 1 N–H and O–H groups in total. The molecule has 1 aliphatic heterocycles. The van der Waals surface area contributed by atoms with E-state index in [0.717, 1.165) is 12.7 Å². The van der Waals surface area contributed by atoms with Crippen LogP contribution in [0, 0.1) is 0 Å². The summed E-state index contributed by atoms with van der Waals surface area (Å²) in [4.78, 5) is 25.8. The number of sulfone groups is 1. The van der Waals surface area contributed by atoms with Gasteiger partial charge in [0.2, 0.25) is 5.91 Å². The van der Waals surface area contributed by atoms with Gasteiger partial charge in [0.05, 0.1) is 5.75 Å². The molecule has 128 valence electrons. The molecule has 1 fully saturated rings. The first-order valence-corrected chi connectivity index (χ1v) is 9.43. The summed E-state index contributed by atoms with van der Waals surface area (Å²) in [6, 6.07) is -1.10. The van der Waals surface area contributed by atoms with Gasteiger partial charge in [-0.1, -0.05) is 0 Å². The predicted octanol–water partition coefficient (Wildman–Crippen LogP) is 0.935. The molecule has 0 saturated carbocycles. The Morgan fingerprint density at radius 2 is 1.95 bits per heavy atom. The number of nitrogens with one attached hydrogen (secondary N) is 1. The molecule has 0 spiro atoms. The van der Waals surface area contributed by atoms with Crippen LogP contribution in [0.15, 0.2) is 0 Å². The van der Waals surface area contributed by atoms with E-state index in [1.807, 2.05) is 0 Å². The molecule has 0 radical (unpaired) electrons. The van der Waals surface area contributed by atoms with Gasteiger partial charge >= 0.3 is 6.09 Å². The van der Waals surface area contributed by atoms with Crippen molar-refractivity contribution < 1.29 is 22.7 Å². The van der Waals surface area contributed by atoms with Gasteiger partial charge in [-0.15, -0.1) is 0 Å². The summed E-state index contributed by atoms with van der Waals surface area (Å²) in [6.45, 7) is 7.40. The second-order valence-electron chi connectivity index (χ2n) is 6.83. The molecule has 2 amide bonds. The standard InChI is InChI=1S/C14H26N2O5S/c1-10(9-22(5,19)20)15-12(17)11-7-6-8-16(11)13(18)21-14(2,3)4/h10-11H,6-9H2,1-5H3,(H,15,17)/t10-,11-/m1/s1. The van der Waals surface area contributed by atoms with Crippen LogP contribution in [0.2, 0.25) is 0 Å². The predicted molar refractivity (Wildman–Crippen MR) is 83.3 cm³/mol. The zero-order valence-corrected chi connectivity index (χ0v) is 14.7. The van der Waals surface area contributed by atoms with Crippen LogP contribution in [0.4, 0.5) is 4.79 Å². The second kappa shape index (κ2) is 6.85. The van der Waals surface area contributed by atoms with Gasteiger partial charge in [0, 0.05) is 18.8 Å². The summed E-state index contributed by atoms with van der Waals surface area (Å²) in [6.07, 6.45) is 1.88. The van der Waals surface area contributed by atoms with Crippen LogP contribution in [-0.4, -0.2) is 61.6 Å². The van der Waals surface area contributed by atoms with Crippen molar-refractivity contribution in [1.82, 2.24) is 10.2 Å². The number of carbonyl (C=O) groups is 2. The van der Waals surface area contributed by atoms with E-state index in [1.54, 1.807) is 27.7 Å². The van der Waals surface area contributed by atoms with Crippen molar-refractivity contribution in [2.24, 2.45) is 0 Å². The summed E-state index contributed by atoms with van der Waals surface area (Å²) in [5, 5.41) is 2.66. The maximum Gasteiger partial charge on any atom is 0.410 e.